The second-order valence-corrected chi connectivity index (χ2v) is 7.71. The van der Waals surface area contributed by atoms with Gasteiger partial charge in [-0.05, 0) is 73.9 Å². The average Bonchev–Trinajstić information content (AvgIpc) is 3.07. The van der Waals surface area contributed by atoms with Crippen LogP contribution < -0.4 is 9.80 Å². The number of amides is 2. The number of aryl methyl sites for hydroxylation is 2. The zero-order valence-electron chi connectivity index (χ0n) is 18.3. The molecule has 4 rings (SSSR count). The number of likely N-dealkylation sites (N-methyl/N-ethyl adjacent to an activating group) is 1. The lowest BCUT2D eigenvalue weighted by molar-refractivity contribution is -0.120. The third-order valence-corrected chi connectivity index (χ3v) is 5.76. The van der Waals surface area contributed by atoms with Crippen LogP contribution in [0.4, 0.5) is 11.4 Å². The van der Waals surface area contributed by atoms with E-state index in [1.54, 1.807) is 24.3 Å². The number of anilines is 2. The Labute approximate surface area is 187 Å². The number of hydrogen-bond donors (Lipinski definition) is 0. The molecule has 1 heterocycles. The van der Waals surface area contributed by atoms with Crippen molar-refractivity contribution in [1.29, 1.82) is 5.26 Å². The quantitative estimate of drug-likeness (QED) is 0.545. The van der Waals surface area contributed by atoms with Crippen LogP contribution in [0.2, 0.25) is 0 Å². The first-order valence-corrected chi connectivity index (χ1v) is 10.5. The Kier molecular flexibility index (Phi) is 5.61. The van der Waals surface area contributed by atoms with Gasteiger partial charge in [0.15, 0.2) is 0 Å². The van der Waals surface area contributed by atoms with Crippen LogP contribution in [0.1, 0.15) is 29.2 Å². The fourth-order valence-corrected chi connectivity index (χ4v) is 3.92. The number of carbonyl (C=O) groups excluding carboxylic acids is 2. The van der Waals surface area contributed by atoms with E-state index >= 15 is 0 Å². The Morgan fingerprint density at radius 3 is 2.16 bits per heavy atom. The van der Waals surface area contributed by atoms with E-state index in [0.717, 1.165) is 16.8 Å². The Morgan fingerprint density at radius 2 is 1.56 bits per heavy atom. The van der Waals surface area contributed by atoms with Crippen LogP contribution in [0.15, 0.2) is 78.5 Å². The number of rotatable bonds is 5. The van der Waals surface area contributed by atoms with E-state index < -0.39 is 0 Å². The van der Waals surface area contributed by atoms with Gasteiger partial charge in [0.05, 0.1) is 22.9 Å². The smallest absolute Gasteiger partial charge is 0.282 e. The third kappa shape index (κ3) is 3.57. The molecule has 0 bridgehead atoms. The van der Waals surface area contributed by atoms with Crippen molar-refractivity contribution in [3.63, 3.8) is 0 Å². The van der Waals surface area contributed by atoms with Crippen molar-refractivity contribution < 1.29 is 9.59 Å². The van der Waals surface area contributed by atoms with E-state index in [4.69, 9.17) is 5.26 Å². The first-order chi connectivity index (χ1) is 15.5. The van der Waals surface area contributed by atoms with Gasteiger partial charge < -0.3 is 4.90 Å². The summed E-state index contributed by atoms with van der Waals surface area (Å²) < 4.78 is 0. The largest absolute Gasteiger partial charge is 0.337 e. The highest BCUT2D eigenvalue weighted by Gasteiger charge is 2.42. The SMILES string of the molecule is CCN(C1=C(c2ccc(C)c(C)c2)C(=O)N(c2ccc(C#N)cc2)C1=O)c1ccccc1. The topological polar surface area (TPSA) is 64.4 Å². The maximum absolute atomic E-state index is 13.7. The summed E-state index contributed by atoms with van der Waals surface area (Å²) in [5.41, 5.74) is 5.38. The van der Waals surface area contributed by atoms with Crippen molar-refractivity contribution in [2.75, 3.05) is 16.3 Å². The fraction of sp³-hybridized carbons (Fsp3) is 0.148. The van der Waals surface area contributed by atoms with E-state index in [0.29, 0.717) is 34.6 Å². The molecular weight excluding hydrogens is 398 g/mol. The number of nitrogens with zero attached hydrogens (tertiary/aromatic N) is 3. The highest BCUT2D eigenvalue weighted by Crippen LogP contribution is 2.37. The second-order valence-electron chi connectivity index (χ2n) is 7.71. The van der Waals surface area contributed by atoms with E-state index in [-0.39, 0.29) is 11.8 Å². The Hall–Kier alpha value is -4.17. The average molecular weight is 422 g/mol. The zero-order chi connectivity index (χ0) is 22.8. The summed E-state index contributed by atoms with van der Waals surface area (Å²) in [5.74, 6) is -0.744. The highest BCUT2D eigenvalue weighted by atomic mass is 16.2. The van der Waals surface area contributed by atoms with E-state index in [1.807, 2.05) is 74.2 Å². The van der Waals surface area contributed by atoms with Crippen LogP contribution in [0.25, 0.3) is 5.57 Å². The van der Waals surface area contributed by atoms with Crippen LogP contribution in [-0.2, 0) is 9.59 Å². The molecule has 0 fully saturated rings. The lowest BCUT2D eigenvalue weighted by atomic mass is 9.99. The third-order valence-electron chi connectivity index (χ3n) is 5.76. The molecule has 158 valence electrons. The number of para-hydroxylation sites is 1. The monoisotopic (exact) mass is 421 g/mol. The summed E-state index contributed by atoms with van der Waals surface area (Å²) in [6, 6.07) is 24.0. The predicted molar refractivity (Wildman–Crippen MR) is 126 cm³/mol. The van der Waals surface area contributed by atoms with Gasteiger partial charge in [-0.2, -0.15) is 5.26 Å². The summed E-state index contributed by atoms with van der Waals surface area (Å²) in [6.07, 6.45) is 0. The molecule has 1 aliphatic rings. The lowest BCUT2D eigenvalue weighted by Crippen LogP contribution is -2.35. The molecule has 5 heteroatoms. The number of benzene rings is 3. The molecule has 3 aromatic rings. The molecule has 5 nitrogen and oxygen atoms in total. The van der Waals surface area contributed by atoms with Crippen molar-refractivity contribution >= 4 is 28.8 Å². The molecule has 0 N–H and O–H groups in total. The molecule has 3 aromatic carbocycles. The fourth-order valence-electron chi connectivity index (χ4n) is 3.92. The molecule has 0 saturated carbocycles. The Balaban J connectivity index is 1.91. The summed E-state index contributed by atoms with van der Waals surface area (Å²) in [6.45, 7) is 6.49. The van der Waals surface area contributed by atoms with Gasteiger partial charge >= 0.3 is 0 Å². The normalized spacial score (nSPS) is 13.5. The van der Waals surface area contributed by atoms with Crippen molar-refractivity contribution in [1.82, 2.24) is 0 Å². The maximum atomic E-state index is 13.7. The summed E-state index contributed by atoms with van der Waals surface area (Å²) in [4.78, 5) is 30.5. The number of imide groups is 1. The number of nitriles is 1. The second kappa shape index (κ2) is 8.52. The number of carbonyl (C=O) groups is 2. The standard InChI is InChI=1S/C27H23N3O2/c1-4-29(22-8-6-5-7-9-22)25-24(21-13-10-18(2)19(3)16-21)26(31)30(27(25)32)23-14-11-20(17-28)12-15-23/h5-16H,4H2,1-3H3. The molecule has 0 radical (unpaired) electrons. The van der Waals surface area contributed by atoms with Gasteiger partial charge in [-0.15, -0.1) is 0 Å². The van der Waals surface area contributed by atoms with Crippen molar-refractivity contribution in [3.8, 4) is 6.07 Å². The highest BCUT2D eigenvalue weighted by molar-refractivity contribution is 6.46. The Bertz CT molecular complexity index is 1270. The van der Waals surface area contributed by atoms with Gasteiger partial charge in [0, 0.05) is 12.2 Å². The van der Waals surface area contributed by atoms with Crippen molar-refractivity contribution in [2.24, 2.45) is 0 Å². The molecule has 0 aromatic heterocycles. The van der Waals surface area contributed by atoms with E-state index in [1.165, 1.54) is 4.90 Å². The molecule has 1 aliphatic heterocycles. The molecule has 0 unspecified atom stereocenters. The summed E-state index contributed by atoms with van der Waals surface area (Å²) in [5, 5.41) is 9.10. The molecule has 0 spiro atoms. The van der Waals surface area contributed by atoms with Crippen LogP contribution >= 0.6 is 0 Å². The van der Waals surface area contributed by atoms with Gasteiger partial charge in [-0.1, -0.05) is 36.4 Å². The zero-order valence-corrected chi connectivity index (χ0v) is 18.3. The van der Waals surface area contributed by atoms with E-state index in [9.17, 15) is 9.59 Å². The van der Waals surface area contributed by atoms with Gasteiger partial charge in [-0.3, -0.25) is 9.59 Å². The minimum atomic E-state index is -0.376. The predicted octanol–water partition coefficient (Wildman–Crippen LogP) is 4.99. The van der Waals surface area contributed by atoms with Gasteiger partial charge in [0.2, 0.25) is 0 Å². The molecule has 0 saturated heterocycles. The minimum Gasteiger partial charge on any atom is -0.337 e. The van der Waals surface area contributed by atoms with Crippen LogP contribution in [0, 0.1) is 25.2 Å². The molecule has 32 heavy (non-hydrogen) atoms. The Morgan fingerprint density at radius 1 is 0.875 bits per heavy atom. The van der Waals surface area contributed by atoms with E-state index in [2.05, 4.69) is 6.07 Å². The molecular formula is C27H23N3O2. The van der Waals surface area contributed by atoms with Gasteiger partial charge in [-0.25, -0.2) is 4.90 Å². The summed E-state index contributed by atoms with van der Waals surface area (Å²) in [7, 11) is 0. The molecule has 0 aliphatic carbocycles. The number of hydrogen-bond acceptors (Lipinski definition) is 4. The first-order valence-electron chi connectivity index (χ1n) is 10.5. The lowest BCUT2D eigenvalue weighted by Gasteiger charge is -2.25. The summed E-state index contributed by atoms with van der Waals surface area (Å²) >= 11 is 0. The van der Waals surface area contributed by atoms with Crippen LogP contribution in [0.5, 0.6) is 0 Å². The molecule has 0 atom stereocenters. The van der Waals surface area contributed by atoms with Crippen LogP contribution in [0.3, 0.4) is 0 Å². The van der Waals surface area contributed by atoms with Crippen molar-refractivity contribution in [3.05, 3.63) is 101 Å². The first kappa shape index (κ1) is 21.1. The minimum absolute atomic E-state index is 0.358. The van der Waals surface area contributed by atoms with Gasteiger partial charge in [0.25, 0.3) is 11.8 Å². The molecule has 2 amide bonds. The van der Waals surface area contributed by atoms with Crippen molar-refractivity contribution in [2.45, 2.75) is 20.8 Å². The van der Waals surface area contributed by atoms with Crippen LogP contribution in [-0.4, -0.2) is 18.4 Å². The van der Waals surface area contributed by atoms with Gasteiger partial charge in [0.1, 0.15) is 5.70 Å². The maximum Gasteiger partial charge on any atom is 0.282 e.